The molecule has 4 aromatic heterocycles. The molecule has 0 spiro atoms. The topological polar surface area (TPSA) is 144 Å². The van der Waals surface area contributed by atoms with Gasteiger partial charge in [-0.3, -0.25) is 0 Å². The van der Waals surface area contributed by atoms with E-state index in [1.165, 1.54) is 0 Å². The van der Waals surface area contributed by atoms with Gasteiger partial charge in [0.15, 0.2) is 17.5 Å². The van der Waals surface area contributed by atoms with Gasteiger partial charge in [-0.05, 0) is 104 Å². The van der Waals surface area contributed by atoms with Crippen LogP contribution in [-0.2, 0) is 0 Å². The van der Waals surface area contributed by atoms with Gasteiger partial charge in [0.25, 0.3) is 0 Å². The van der Waals surface area contributed by atoms with Crippen LogP contribution in [0, 0.1) is 0 Å². The van der Waals surface area contributed by atoms with Crippen LogP contribution in [0.3, 0.4) is 0 Å². The fraction of sp³-hybridized carbons (Fsp3) is 0. The first-order chi connectivity index (χ1) is 31.2. The number of halogens is 3. The third-order valence-corrected chi connectivity index (χ3v) is 11.0. The molecule has 64 heavy (non-hydrogen) atoms. The van der Waals surface area contributed by atoms with Crippen LogP contribution in [-0.4, -0.2) is 47.1 Å². The highest BCUT2D eigenvalue weighted by Crippen LogP contribution is 2.33. The summed E-state index contributed by atoms with van der Waals surface area (Å²) >= 11 is 17.8. The molecule has 0 saturated heterocycles. The molecule has 14 heteroatoms. The van der Waals surface area contributed by atoms with Crippen molar-refractivity contribution in [3.05, 3.63) is 186 Å². The highest BCUT2D eigenvalue weighted by atomic mass is 35.5. The van der Waals surface area contributed by atoms with Crippen molar-refractivity contribution >= 4 is 113 Å². The molecule has 4 heterocycles. The van der Waals surface area contributed by atoms with Gasteiger partial charge in [-0.2, -0.15) is 24.9 Å². The van der Waals surface area contributed by atoms with Gasteiger partial charge >= 0.3 is 7.12 Å². The maximum absolute atomic E-state index is 9.07. The van der Waals surface area contributed by atoms with Crippen molar-refractivity contribution in [3.8, 4) is 34.2 Å². The van der Waals surface area contributed by atoms with Crippen LogP contribution in [0.25, 0.3) is 99.6 Å². The summed E-state index contributed by atoms with van der Waals surface area (Å²) in [6.07, 6.45) is 0. The summed E-state index contributed by atoms with van der Waals surface area (Å²) in [7, 11) is -1.46. The van der Waals surface area contributed by atoms with E-state index in [0.29, 0.717) is 28.5 Å². The average molecular weight is 896 g/mol. The van der Waals surface area contributed by atoms with E-state index in [0.717, 1.165) is 76.5 Å². The Labute approximate surface area is 379 Å². The summed E-state index contributed by atoms with van der Waals surface area (Å²) in [5.41, 5.74) is 6.14. The van der Waals surface area contributed by atoms with Gasteiger partial charge in [0.1, 0.15) is 22.3 Å². The Kier molecular flexibility index (Phi) is 11.2. The summed E-state index contributed by atoms with van der Waals surface area (Å²) in [5.74, 6) is 1.53. The first kappa shape index (κ1) is 40.8. The molecular formula is C50H30BCl3N6O4. The molecule has 12 aromatic rings. The van der Waals surface area contributed by atoms with Crippen molar-refractivity contribution in [1.29, 1.82) is 0 Å². The van der Waals surface area contributed by atoms with Crippen LogP contribution >= 0.6 is 34.8 Å². The number of hydrogen-bond donors (Lipinski definition) is 2. The minimum atomic E-state index is -1.46. The van der Waals surface area contributed by atoms with Crippen molar-refractivity contribution in [2.24, 2.45) is 0 Å². The fourth-order valence-corrected chi connectivity index (χ4v) is 8.01. The van der Waals surface area contributed by atoms with E-state index in [1.54, 1.807) is 12.1 Å². The Hall–Kier alpha value is -7.25. The van der Waals surface area contributed by atoms with Gasteiger partial charge in [0.2, 0.25) is 15.9 Å². The summed E-state index contributed by atoms with van der Waals surface area (Å²) in [4.78, 5) is 25.3. The van der Waals surface area contributed by atoms with Gasteiger partial charge in [0.05, 0.1) is 0 Å². The van der Waals surface area contributed by atoms with Crippen molar-refractivity contribution < 1.29 is 18.9 Å². The van der Waals surface area contributed by atoms with Gasteiger partial charge in [-0.1, -0.05) is 127 Å². The molecule has 12 rings (SSSR count). The molecule has 0 bridgehead atoms. The lowest BCUT2D eigenvalue weighted by Crippen LogP contribution is -2.29. The zero-order chi connectivity index (χ0) is 43.7. The number of fused-ring (bicyclic) bond motifs is 8. The van der Waals surface area contributed by atoms with Gasteiger partial charge in [0, 0.05) is 38.2 Å². The Bertz CT molecular complexity index is 3680. The number of benzene rings is 8. The van der Waals surface area contributed by atoms with Gasteiger partial charge in [-0.15, -0.1) is 0 Å². The van der Waals surface area contributed by atoms with E-state index < -0.39 is 7.12 Å². The maximum atomic E-state index is 9.07. The number of aromatic nitrogens is 6. The second-order valence-electron chi connectivity index (χ2n) is 14.6. The minimum Gasteiger partial charge on any atom is -0.456 e. The van der Waals surface area contributed by atoms with Crippen LogP contribution in [0.2, 0.25) is 15.9 Å². The average Bonchev–Trinajstić information content (AvgIpc) is 3.89. The molecule has 0 saturated carbocycles. The highest BCUT2D eigenvalue weighted by Gasteiger charge is 2.15. The van der Waals surface area contributed by atoms with E-state index in [1.807, 2.05) is 127 Å². The molecule has 0 aliphatic heterocycles. The number of para-hydroxylation sites is 2. The monoisotopic (exact) mass is 894 g/mol. The van der Waals surface area contributed by atoms with Crippen LogP contribution < -0.4 is 5.46 Å². The van der Waals surface area contributed by atoms with Crippen molar-refractivity contribution in [2.75, 3.05) is 0 Å². The van der Waals surface area contributed by atoms with E-state index in [-0.39, 0.29) is 15.9 Å². The Morgan fingerprint density at radius 1 is 0.344 bits per heavy atom. The Balaban J connectivity index is 0.000000122. The second kappa shape index (κ2) is 17.5. The quantitative estimate of drug-likeness (QED) is 0.164. The zero-order valence-electron chi connectivity index (χ0n) is 33.3. The number of hydrogen-bond acceptors (Lipinski definition) is 10. The van der Waals surface area contributed by atoms with Gasteiger partial charge in [-0.25, -0.2) is 4.98 Å². The lowest BCUT2D eigenvalue weighted by Gasteiger charge is -2.06. The SMILES string of the molecule is Clc1nc(-c2ccc3ccccc3c2)nc(-c2ccc3c(c2)oc2ccccc23)n1.Clc1nc(Cl)nc(-c2ccc3ccccc3c2)n1.OB(O)c1ccc2c(c1)oc1ccccc12. The van der Waals surface area contributed by atoms with Crippen molar-refractivity contribution in [3.63, 3.8) is 0 Å². The molecule has 0 atom stereocenters. The third-order valence-electron chi connectivity index (χ3n) is 10.5. The molecular weight excluding hydrogens is 866 g/mol. The molecule has 308 valence electrons. The van der Waals surface area contributed by atoms with Crippen molar-refractivity contribution in [1.82, 2.24) is 29.9 Å². The van der Waals surface area contributed by atoms with Crippen LogP contribution in [0.4, 0.5) is 0 Å². The zero-order valence-corrected chi connectivity index (χ0v) is 35.5. The standard InChI is InChI=1S/C25H14ClN3O.C13H7Cl2N3.C12H9BO3/c26-25-28-23(17-10-9-15-5-1-2-6-16(15)13-17)27-24(29-25)18-11-12-20-19-7-3-4-8-21(19)30-22(20)14-18;14-12-16-11(17-13(15)18-12)10-6-5-8-3-1-2-4-9(8)7-10;14-13(15)8-5-6-10-9-3-1-2-4-11(9)16-12(10)7-8/h1-14H;1-7H;1-7,14-15H. The van der Waals surface area contributed by atoms with E-state index in [9.17, 15) is 0 Å². The molecule has 2 N–H and O–H groups in total. The Morgan fingerprint density at radius 2 is 0.734 bits per heavy atom. The van der Waals surface area contributed by atoms with E-state index in [2.05, 4.69) is 55.3 Å². The van der Waals surface area contributed by atoms with Gasteiger partial charge < -0.3 is 18.9 Å². The minimum absolute atomic E-state index is 0.0955. The molecule has 0 aliphatic rings. The lowest BCUT2D eigenvalue weighted by molar-refractivity contribution is 0.425. The Morgan fingerprint density at radius 3 is 1.27 bits per heavy atom. The molecule has 0 amide bonds. The summed E-state index contributed by atoms with van der Waals surface area (Å²) in [6, 6.07) is 55.2. The molecule has 10 nitrogen and oxygen atoms in total. The van der Waals surface area contributed by atoms with Crippen LogP contribution in [0.15, 0.2) is 179 Å². The van der Waals surface area contributed by atoms with E-state index >= 15 is 0 Å². The molecule has 0 fully saturated rings. The summed E-state index contributed by atoms with van der Waals surface area (Å²) in [6.45, 7) is 0. The molecule has 0 unspecified atom stereocenters. The van der Waals surface area contributed by atoms with E-state index in [4.69, 9.17) is 58.7 Å². The first-order valence-corrected chi connectivity index (χ1v) is 21.0. The molecule has 8 aromatic carbocycles. The second-order valence-corrected chi connectivity index (χ2v) is 15.6. The number of furan rings is 2. The molecule has 0 radical (unpaired) electrons. The highest BCUT2D eigenvalue weighted by molar-refractivity contribution is 6.59. The van der Waals surface area contributed by atoms with Crippen LogP contribution in [0.5, 0.6) is 0 Å². The normalized spacial score (nSPS) is 11.2. The largest absolute Gasteiger partial charge is 0.488 e. The predicted molar refractivity (Wildman–Crippen MR) is 257 cm³/mol. The lowest BCUT2D eigenvalue weighted by atomic mass is 9.80. The van der Waals surface area contributed by atoms with Crippen LogP contribution in [0.1, 0.15) is 0 Å². The molecule has 0 aliphatic carbocycles. The smallest absolute Gasteiger partial charge is 0.456 e. The number of rotatable bonds is 4. The summed E-state index contributed by atoms with van der Waals surface area (Å²) < 4.78 is 11.6. The van der Waals surface area contributed by atoms with Crippen molar-refractivity contribution in [2.45, 2.75) is 0 Å². The maximum Gasteiger partial charge on any atom is 0.488 e. The first-order valence-electron chi connectivity index (χ1n) is 19.9. The predicted octanol–water partition coefficient (Wildman–Crippen LogP) is 12.2. The third kappa shape index (κ3) is 8.46. The fourth-order valence-electron chi connectivity index (χ4n) is 7.49. The number of nitrogens with zero attached hydrogens (tertiary/aromatic N) is 6. The summed E-state index contributed by atoms with van der Waals surface area (Å²) in [5, 5.41) is 27.2.